The highest BCUT2D eigenvalue weighted by Gasteiger charge is 2.28. The Kier molecular flexibility index (Phi) is 10.1. The molecule has 0 bridgehead atoms. The third-order valence-corrected chi connectivity index (χ3v) is 4.59. The molecular weight excluding hydrogens is 426 g/mol. The van der Waals surface area contributed by atoms with Crippen LogP contribution in [0, 0.1) is 0 Å². The summed E-state index contributed by atoms with van der Waals surface area (Å²) in [5, 5.41) is 19.8. The van der Waals surface area contributed by atoms with Gasteiger partial charge in [0.2, 0.25) is 0 Å². The molecule has 3 N–H and O–H groups in total. The summed E-state index contributed by atoms with van der Waals surface area (Å²) in [5.74, 6) is -0.887. The van der Waals surface area contributed by atoms with Gasteiger partial charge in [0.25, 0.3) is 0 Å². The lowest BCUT2D eigenvalue weighted by Gasteiger charge is -2.32. The zero-order valence-corrected chi connectivity index (χ0v) is 17.9. The summed E-state index contributed by atoms with van der Waals surface area (Å²) in [5.41, 5.74) is 1.07. The van der Waals surface area contributed by atoms with Crippen molar-refractivity contribution in [1.29, 1.82) is 0 Å². The normalized spacial score (nSPS) is 16.4. The number of benzene rings is 2. The van der Waals surface area contributed by atoms with E-state index >= 15 is 0 Å². The molecule has 0 spiro atoms. The van der Waals surface area contributed by atoms with Crippen LogP contribution in [0.1, 0.15) is 24.5 Å². The number of morpholine rings is 1. The summed E-state index contributed by atoms with van der Waals surface area (Å²) in [7, 11) is 1.61. The Hall–Kier alpha value is -2.81. The van der Waals surface area contributed by atoms with Gasteiger partial charge in [0.1, 0.15) is 6.10 Å². The van der Waals surface area contributed by atoms with E-state index in [0.29, 0.717) is 23.1 Å². The maximum absolute atomic E-state index is 9.64. The molecule has 1 fully saturated rings. The minimum atomic E-state index is -1.08. The molecule has 1 aliphatic rings. The van der Waals surface area contributed by atoms with Crippen LogP contribution in [0.3, 0.4) is 0 Å². The predicted octanol–water partition coefficient (Wildman–Crippen LogP) is 3.39. The number of carboxylic acids is 2. The van der Waals surface area contributed by atoms with Crippen LogP contribution in [0.15, 0.2) is 48.5 Å². The molecule has 0 aromatic heterocycles. The standard InChI is InChI=1S/C18H20ClNO3.C4H6O4/c1-21-16-11-14(19)7-8-15(16)23-18(13-5-3-2-4-6-13)17-12-20-9-10-22-17;5-3(6)1-2-4(7)8/h2-8,11,17-18,20H,9-10,12H2,1H3;1-2H2,(H,5,6)(H,7,8)/t17-,18-;/m0./s1. The fraction of sp³-hybridized carbons (Fsp3) is 0.364. The minimum Gasteiger partial charge on any atom is -0.493 e. The van der Waals surface area contributed by atoms with Crippen molar-refractivity contribution in [3.63, 3.8) is 0 Å². The number of hydrogen-bond donors (Lipinski definition) is 3. The number of hydrogen-bond acceptors (Lipinski definition) is 6. The van der Waals surface area contributed by atoms with Crippen LogP contribution in [0.2, 0.25) is 5.02 Å². The molecule has 0 radical (unpaired) electrons. The second-order valence-corrected chi connectivity index (χ2v) is 7.08. The second-order valence-electron chi connectivity index (χ2n) is 6.65. The highest BCUT2D eigenvalue weighted by atomic mass is 35.5. The van der Waals surface area contributed by atoms with Gasteiger partial charge in [-0.3, -0.25) is 9.59 Å². The van der Waals surface area contributed by atoms with Crippen molar-refractivity contribution in [2.45, 2.75) is 25.0 Å². The number of carbonyl (C=O) groups is 2. The molecule has 2 atom stereocenters. The Balaban J connectivity index is 0.000000366. The highest BCUT2D eigenvalue weighted by Crippen LogP contribution is 2.35. The van der Waals surface area contributed by atoms with Crippen molar-refractivity contribution in [3.05, 3.63) is 59.1 Å². The van der Waals surface area contributed by atoms with Gasteiger partial charge in [-0.05, 0) is 17.7 Å². The molecule has 9 heteroatoms. The van der Waals surface area contributed by atoms with Gasteiger partial charge in [-0.2, -0.15) is 0 Å². The number of ether oxygens (including phenoxy) is 3. The molecule has 0 amide bonds. The molecule has 1 aliphatic heterocycles. The summed E-state index contributed by atoms with van der Waals surface area (Å²) in [6.45, 7) is 2.28. The number of rotatable bonds is 8. The topological polar surface area (TPSA) is 114 Å². The molecule has 1 heterocycles. The third kappa shape index (κ3) is 8.45. The zero-order valence-electron chi connectivity index (χ0n) is 17.1. The maximum Gasteiger partial charge on any atom is 0.303 e. The van der Waals surface area contributed by atoms with Gasteiger partial charge < -0.3 is 29.7 Å². The Morgan fingerprint density at radius 1 is 1.13 bits per heavy atom. The van der Waals surface area contributed by atoms with E-state index in [0.717, 1.165) is 18.7 Å². The molecule has 2 aromatic rings. The molecule has 1 saturated heterocycles. The molecular formula is C22H26ClNO7. The zero-order chi connectivity index (χ0) is 22.6. The van der Waals surface area contributed by atoms with Gasteiger partial charge in [0, 0.05) is 24.2 Å². The summed E-state index contributed by atoms with van der Waals surface area (Å²) < 4.78 is 17.6. The summed E-state index contributed by atoms with van der Waals surface area (Å²) in [4.78, 5) is 19.3. The van der Waals surface area contributed by atoms with E-state index in [1.165, 1.54) is 0 Å². The largest absolute Gasteiger partial charge is 0.493 e. The average molecular weight is 452 g/mol. The molecule has 0 saturated carbocycles. The van der Waals surface area contributed by atoms with Crippen molar-refractivity contribution in [1.82, 2.24) is 5.32 Å². The molecule has 8 nitrogen and oxygen atoms in total. The van der Waals surface area contributed by atoms with Gasteiger partial charge in [-0.15, -0.1) is 0 Å². The monoisotopic (exact) mass is 451 g/mol. The van der Waals surface area contributed by atoms with E-state index in [-0.39, 0.29) is 25.0 Å². The molecule has 2 aromatic carbocycles. The van der Waals surface area contributed by atoms with Crippen LogP contribution in [-0.4, -0.2) is 55.1 Å². The number of carboxylic acid groups (broad SMARTS) is 2. The lowest BCUT2D eigenvalue weighted by molar-refractivity contribution is -0.143. The molecule has 168 valence electrons. The average Bonchev–Trinajstić information content (AvgIpc) is 2.78. The highest BCUT2D eigenvalue weighted by molar-refractivity contribution is 6.30. The SMILES string of the molecule is COc1cc(Cl)ccc1O[C@@H](c1ccccc1)[C@@H]1CNCCO1.O=C(O)CCC(=O)O. The van der Waals surface area contributed by atoms with Crippen molar-refractivity contribution in [3.8, 4) is 11.5 Å². The third-order valence-electron chi connectivity index (χ3n) is 4.35. The van der Waals surface area contributed by atoms with E-state index in [9.17, 15) is 9.59 Å². The van der Waals surface area contributed by atoms with E-state index in [4.69, 9.17) is 36.0 Å². The van der Waals surface area contributed by atoms with Crippen LogP contribution in [0.4, 0.5) is 0 Å². The van der Waals surface area contributed by atoms with E-state index in [1.54, 1.807) is 19.2 Å². The van der Waals surface area contributed by atoms with Gasteiger partial charge in [0.15, 0.2) is 17.6 Å². The summed E-state index contributed by atoms with van der Waals surface area (Å²) >= 11 is 6.03. The van der Waals surface area contributed by atoms with Crippen molar-refractivity contribution < 1.29 is 34.0 Å². The van der Waals surface area contributed by atoms with Crippen LogP contribution in [0.25, 0.3) is 0 Å². The van der Waals surface area contributed by atoms with Gasteiger partial charge in [-0.25, -0.2) is 0 Å². The molecule has 0 unspecified atom stereocenters. The summed E-state index contributed by atoms with van der Waals surface area (Å²) in [6, 6.07) is 15.5. The quantitative estimate of drug-likeness (QED) is 0.559. The lowest BCUT2D eigenvalue weighted by atomic mass is 10.0. The fourth-order valence-electron chi connectivity index (χ4n) is 2.87. The number of aliphatic carboxylic acids is 2. The second kappa shape index (κ2) is 12.8. The number of methoxy groups -OCH3 is 1. The Bertz CT molecular complexity index is 827. The van der Waals surface area contributed by atoms with Crippen molar-refractivity contribution >= 4 is 23.5 Å². The lowest BCUT2D eigenvalue weighted by Crippen LogP contribution is -2.43. The first-order valence-corrected chi connectivity index (χ1v) is 10.1. The first-order valence-electron chi connectivity index (χ1n) is 9.71. The number of halogens is 1. The Morgan fingerprint density at radius 3 is 2.35 bits per heavy atom. The fourth-order valence-corrected chi connectivity index (χ4v) is 3.03. The van der Waals surface area contributed by atoms with Crippen LogP contribution >= 0.6 is 11.6 Å². The first-order chi connectivity index (χ1) is 14.9. The van der Waals surface area contributed by atoms with E-state index < -0.39 is 11.9 Å². The molecule has 0 aliphatic carbocycles. The van der Waals surface area contributed by atoms with Crippen molar-refractivity contribution in [2.24, 2.45) is 0 Å². The van der Waals surface area contributed by atoms with E-state index in [1.807, 2.05) is 36.4 Å². The molecule has 31 heavy (non-hydrogen) atoms. The van der Waals surface area contributed by atoms with Gasteiger partial charge >= 0.3 is 11.9 Å². The predicted molar refractivity (Wildman–Crippen MR) is 115 cm³/mol. The van der Waals surface area contributed by atoms with Crippen LogP contribution in [-0.2, 0) is 14.3 Å². The van der Waals surface area contributed by atoms with Crippen molar-refractivity contribution in [2.75, 3.05) is 26.8 Å². The Labute approximate surface area is 185 Å². The minimum absolute atomic E-state index is 0.0634. The number of nitrogens with one attached hydrogen (secondary N) is 1. The maximum atomic E-state index is 9.64. The van der Waals surface area contributed by atoms with E-state index in [2.05, 4.69) is 5.32 Å². The molecule has 3 rings (SSSR count). The summed E-state index contributed by atoms with van der Waals surface area (Å²) in [6.07, 6.45) is -0.879. The first kappa shape index (κ1) is 24.5. The Morgan fingerprint density at radius 2 is 1.81 bits per heavy atom. The van der Waals surface area contributed by atoms with Crippen LogP contribution < -0.4 is 14.8 Å². The smallest absolute Gasteiger partial charge is 0.303 e. The van der Waals surface area contributed by atoms with Crippen LogP contribution in [0.5, 0.6) is 11.5 Å². The van der Waals surface area contributed by atoms with Gasteiger partial charge in [-0.1, -0.05) is 41.9 Å². The van der Waals surface area contributed by atoms with Gasteiger partial charge in [0.05, 0.1) is 26.6 Å².